The molecule has 9 aromatic rings. The summed E-state index contributed by atoms with van der Waals surface area (Å²) in [4.78, 5) is 0. The van der Waals surface area contributed by atoms with Gasteiger partial charge in [-0.25, -0.2) is 0 Å². The van der Waals surface area contributed by atoms with Crippen LogP contribution in [0.2, 0.25) is 0 Å². The summed E-state index contributed by atoms with van der Waals surface area (Å²) in [5.41, 5.74) is 11.5. The van der Waals surface area contributed by atoms with Gasteiger partial charge in [-0.05, 0) is 71.8 Å². The van der Waals surface area contributed by atoms with Crippen LogP contribution in [-0.2, 0) is 0 Å². The van der Waals surface area contributed by atoms with Gasteiger partial charge in [0.15, 0.2) is 0 Å². The summed E-state index contributed by atoms with van der Waals surface area (Å²) < 4.78 is 4.40. The first-order chi connectivity index (χ1) is 24.7. The van der Waals surface area contributed by atoms with Crippen LogP contribution in [0.1, 0.15) is 16.7 Å². The minimum absolute atomic E-state index is 0.574. The summed E-state index contributed by atoms with van der Waals surface area (Å²) in [7, 11) is 0. The van der Waals surface area contributed by atoms with Gasteiger partial charge in [0.25, 0.3) is 0 Å². The van der Waals surface area contributed by atoms with Crippen molar-refractivity contribution in [3.05, 3.63) is 168 Å². The van der Waals surface area contributed by atoms with E-state index < -0.39 is 0 Å². The van der Waals surface area contributed by atoms with Crippen molar-refractivity contribution in [3.8, 4) is 51.8 Å². The lowest BCUT2D eigenvalue weighted by Crippen LogP contribution is -1.98. The van der Waals surface area contributed by atoms with Gasteiger partial charge in [-0.15, -0.1) is 0 Å². The highest BCUT2D eigenvalue weighted by Crippen LogP contribution is 2.39. The molecule has 0 saturated heterocycles. The average molecular weight is 636 g/mol. The third kappa shape index (κ3) is 4.31. The lowest BCUT2D eigenvalue weighted by molar-refractivity contribution is 1.17. The quantitative estimate of drug-likeness (QED) is 0.193. The molecule has 0 saturated carbocycles. The molecule has 0 atom stereocenters. The first-order valence-electron chi connectivity index (χ1n) is 16.3. The van der Waals surface area contributed by atoms with Crippen LogP contribution in [0.15, 0.2) is 152 Å². The number of fused-ring (bicyclic) bond motifs is 6. The molecule has 0 spiro atoms. The number of nitriles is 3. The minimum atomic E-state index is 0.574. The van der Waals surface area contributed by atoms with Crippen molar-refractivity contribution in [2.45, 2.75) is 0 Å². The minimum Gasteiger partial charge on any atom is -0.309 e. The van der Waals surface area contributed by atoms with Crippen LogP contribution >= 0.6 is 0 Å². The highest BCUT2D eigenvalue weighted by molar-refractivity contribution is 6.11. The Balaban J connectivity index is 1.19. The molecule has 50 heavy (non-hydrogen) atoms. The van der Waals surface area contributed by atoms with E-state index in [1.54, 1.807) is 0 Å². The zero-order valence-electron chi connectivity index (χ0n) is 26.7. The smallest absolute Gasteiger partial charge is 0.101 e. The highest BCUT2D eigenvalue weighted by atomic mass is 15.0. The van der Waals surface area contributed by atoms with Crippen LogP contribution in [0, 0.1) is 34.0 Å². The second-order valence-corrected chi connectivity index (χ2v) is 12.3. The summed E-state index contributed by atoms with van der Waals surface area (Å²) in [5, 5.41) is 34.1. The molecular weight excluding hydrogens is 611 g/mol. The molecule has 0 fully saturated rings. The largest absolute Gasteiger partial charge is 0.309 e. The van der Waals surface area contributed by atoms with Crippen molar-refractivity contribution in [1.29, 1.82) is 15.8 Å². The molecule has 0 bridgehead atoms. The second-order valence-electron chi connectivity index (χ2n) is 12.3. The first-order valence-corrected chi connectivity index (χ1v) is 16.3. The van der Waals surface area contributed by atoms with E-state index in [1.807, 2.05) is 72.8 Å². The Kier molecular flexibility index (Phi) is 6.56. The van der Waals surface area contributed by atoms with Crippen LogP contribution in [0.25, 0.3) is 77.2 Å². The van der Waals surface area contributed by atoms with E-state index in [2.05, 4.69) is 106 Å². The Labute approximate surface area is 287 Å². The zero-order chi connectivity index (χ0) is 33.8. The second kappa shape index (κ2) is 11.4. The summed E-state index contributed by atoms with van der Waals surface area (Å²) in [5.74, 6) is 0. The molecule has 0 aliphatic carbocycles. The van der Waals surface area contributed by atoms with Gasteiger partial charge >= 0.3 is 0 Å². The first kappa shape index (κ1) is 28.8. The number of benzene rings is 7. The van der Waals surface area contributed by atoms with E-state index in [-0.39, 0.29) is 0 Å². The molecule has 0 unspecified atom stereocenters. The summed E-state index contributed by atoms with van der Waals surface area (Å²) in [6, 6.07) is 57.8. The predicted molar refractivity (Wildman–Crippen MR) is 200 cm³/mol. The number of para-hydroxylation sites is 4. The van der Waals surface area contributed by atoms with Crippen molar-refractivity contribution < 1.29 is 0 Å². The molecule has 0 amide bonds. The summed E-state index contributed by atoms with van der Waals surface area (Å²) in [6.45, 7) is 0. The molecule has 5 nitrogen and oxygen atoms in total. The Morgan fingerprint density at radius 1 is 0.400 bits per heavy atom. The maximum atomic E-state index is 10.2. The van der Waals surface area contributed by atoms with Gasteiger partial charge in [0, 0.05) is 38.4 Å². The fourth-order valence-electron chi connectivity index (χ4n) is 7.43. The number of nitrogens with zero attached hydrogens (tertiary/aromatic N) is 5. The zero-order valence-corrected chi connectivity index (χ0v) is 26.7. The van der Waals surface area contributed by atoms with Gasteiger partial charge in [0.05, 0.1) is 56.6 Å². The number of hydrogen-bond donors (Lipinski definition) is 0. The van der Waals surface area contributed by atoms with Crippen LogP contribution < -0.4 is 0 Å². The summed E-state index contributed by atoms with van der Waals surface area (Å²) >= 11 is 0. The molecule has 7 aromatic carbocycles. The van der Waals surface area contributed by atoms with Gasteiger partial charge < -0.3 is 9.13 Å². The molecule has 230 valence electrons. The van der Waals surface area contributed by atoms with Gasteiger partial charge in [-0.3, -0.25) is 0 Å². The van der Waals surface area contributed by atoms with Gasteiger partial charge in [0.1, 0.15) is 6.07 Å². The standard InChI is InChI=1S/C45H25N5/c46-26-29-16-23-44-40(24-29)37-11-3-6-15-43(37)50(44)41-13-4-1-9-35(41)30-17-19-31(20-18-30)39-25-34(22-21-32(39)27-47)49-42-14-5-2-10-36(42)38-12-7-8-33(28-48)45(38)49/h1-25H. The van der Waals surface area contributed by atoms with Gasteiger partial charge in [-0.1, -0.05) is 91.0 Å². The molecule has 9 rings (SSSR count). The molecule has 5 heteroatoms. The van der Waals surface area contributed by atoms with E-state index in [0.717, 1.165) is 77.2 Å². The third-order valence-electron chi connectivity index (χ3n) is 9.65. The maximum Gasteiger partial charge on any atom is 0.101 e. The van der Waals surface area contributed by atoms with Crippen molar-refractivity contribution in [2.24, 2.45) is 0 Å². The van der Waals surface area contributed by atoms with Crippen molar-refractivity contribution in [3.63, 3.8) is 0 Å². The van der Waals surface area contributed by atoms with Crippen LogP contribution in [0.3, 0.4) is 0 Å². The van der Waals surface area contributed by atoms with Crippen molar-refractivity contribution in [2.75, 3.05) is 0 Å². The highest BCUT2D eigenvalue weighted by Gasteiger charge is 2.18. The van der Waals surface area contributed by atoms with Crippen LogP contribution in [0.4, 0.5) is 0 Å². The molecule has 0 aliphatic rings. The Hall–Kier alpha value is -7.39. The van der Waals surface area contributed by atoms with E-state index in [9.17, 15) is 15.8 Å². The average Bonchev–Trinajstić information content (AvgIpc) is 3.70. The van der Waals surface area contributed by atoms with E-state index >= 15 is 0 Å². The molecule has 0 N–H and O–H groups in total. The van der Waals surface area contributed by atoms with E-state index in [1.165, 1.54) is 0 Å². The van der Waals surface area contributed by atoms with Crippen LogP contribution in [0.5, 0.6) is 0 Å². The molecule has 0 aliphatic heterocycles. The number of aromatic nitrogens is 2. The fraction of sp³-hybridized carbons (Fsp3) is 0. The SMILES string of the molecule is N#Cc1ccc2c(c1)c1ccccc1n2-c1ccccc1-c1ccc(-c2cc(-n3c4ccccc4c4cccc(C#N)c43)ccc2C#N)cc1. The monoisotopic (exact) mass is 635 g/mol. The summed E-state index contributed by atoms with van der Waals surface area (Å²) in [6.07, 6.45) is 0. The topological polar surface area (TPSA) is 81.2 Å². The molecule has 0 radical (unpaired) electrons. The van der Waals surface area contributed by atoms with Gasteiger partial charge in [-0.2, -0.15) is 15.8 Å². The Morgan fingerprint density at radius 2 is 1.02 bits per heavy atom. The molecule has 2 aromatic heterocycles. The maximum absolute atomic E-state index is 10.2. The van der Waals surface area contributed by atoms with E-state index in [0.29, 0.717) is 16.7 Å². The van der Waals surface area contributed by atoms with Gasteiger partial charge in [0.2, 0.25) is 0 Å². The normalized spacial score (nSPS) is 11.1. The predicted octanol–water partition coefficient (Wildman–Crippen LogP) is 10.8. The lowest BCUT2D eigenvalue weighted by atomic mass is 9.96. The fourth-order valence-corrected chi connectivity index (χ4v) is 7.43. The van der Waals surface area contributed by atoms with Crippen molar-refractivity contribution in [1.82, 2.24) is 9.13 Å². The lowest BCUT2D eigenvalue weighted by Gasteiger charge is -2.15. The molecular formula is C45H25N5. The number of hydrogen-bond acceptors (Lipinski definition) is 3. The Bertz CT molecular complexity index is 2960. The Morgan fingerprint density at radius 3 is 1.76 bits per heavy atom. The van der Waals surface area contributed by atoms with Crippen LogP contribution in [-0.4, -0.2) is 9.13 Å². The third-order valence-corrected chi connectivity index (χ3v) is 9.65. The van der Waals surface area contributed by atoms with Crippen molar-refractivity contribution >= 4 is 43.6 Å². The van der Waals surface area contributed by atoms with E-state index in [4.69, 9.17) is 0 Å². The molecule has 2 heterocycles. The number of rotatable bonds is 4.